The molecule has 0 unspecified atom stereocenters. The Morgan fingerprint density at radius 3 is 2.50 bits per heavy atom. The van der Waals surface area contributed by atoms with Crippen molar-refractivity contribution in [2.24, 2.45) is 0 Å². The second kappa shape index (κ2) is 5.97. The molecule has 0 saturated carbocycles. The van der Waals surface area contributed by atoms with E-state index in [4.69, 9.17) is 4.74 Å². The molecule has 0 bridgehead atoms. The number of hydrogen-bond acceptors (Lipinski definition) is 4. The smallest absolute Gasteiger partial charge is 0.269 e. The maximum atomic E-state index is 12.1. The van der Waals surface area contributed by atoms with Gasteiger partial charge < -0.3 is 4.74 Å². The van der Waals surface area contributed by atoms with E-state index < -0.39 is 4.92 Å². The molecule has 102 valence electrons. The van der Waals surface area contributed by atoms with Crippen molar-refractivity contribution in [3.05, 3.63) is 69.8 Å². The lowest BCUT2D eigenvalue weighted by Gasteiger charge is -2.04. The minimum absolute atomic E-state index is 0.0163. The number of ketones is 1. The molecule has 2 aromatic rings. The molecule has 0 spiro atoms. The number of benzene rings is 2. The van der Waals surface area contributed by atoms with Crippen LogP contribution in [0.1, 0.15) is 15.9 Å². The Bertz CT molecular complexity index is 635. The lowest BCUT2D eigenvalue weighted by molar-refractivity contribution is -0.384. The zero-order chi connectivity index (χ0) is 14.5. The molecule has 0 aliphatic carbocycles. The first-order chi connectivity index (χ1) is 9.60. The summed E-state index contributed by atoms with van der Waals surface area (Å²) in [5.74, 6) is 0.567. The van der Waals surface area contributed by atoms with Gasteiger partial charge in [0.15, 0.2) is 5.78 Å². The molecular weight excluding hydrogens is 258 g/mol. The highest BCUT2D eigenvalue weighted by molar-refractivity contribution is 5.97. The molecule has 0 aromatic heterocycles. The molecule has 5 heteroatoms. The van der Waals surface area contributed by atoms with Gasteiger partial charge in [-0.3, -0.25) is 14.9 Å². The molecule has 2 aromatic carbocycles. The summed E-state index contributed by atoms with van der Waals surface area (Å²) in [4.78, 5) is 22.2. The molecule has 20 heavy (non-hydrogen) atoms. The van der Waals surface area contributed by atoms with Crippen LogP contribution in [0, 0.1) is 10.1 Å². The standard InChI is InChI=1S/C15H13NO4/c1-20-14-4-2-3-12(10-14)15(17)9-11-5-7-13(8-6-11)16(18)19/h2-8,10H,9H2,1H3. The molecule has 0 radical (unpaired) electrons. The molecular formula is C15H13NO4. The third-order valence-corrected chi connectivity index (χ3v) is 2.90. The van der Waals surface area contributed by atoms with Crippen molar-refractivity contribution in [1.82, 2.24) is 0 Å². The lowest BCUT2D eigenvalue weighted by atomic mass is 10.0. The quantitative estimate of drug-likeness (QED) is 0.476. The summed E-state index contributed by atoms with van der Waals surface area (Å²) in [5.41, 5.74) is 1.31. The van der Waals surface area contributed by atoms with Gasteiger partial charge in [-0.1, -0.05) is 24.3 Å². The zero-order valence-corrected chi connectivity index (χ0v) is 10.9. The van der Waals surface area contributed by atoms with Crippen LogP contribution in [-0.2, 0) is 6.42 Å². The Morgan fingerprint density at radius 2 is 1.90 bits per heavy atom. The fourth-order valence-corrected chi connectivity index (χ4v) is 1.82. The molecule has 0 saturated heterocycles. The number of carbonyl (C=O) groups excluding carboxylic acids is 1. The van der Waals surface area contributed by atoms with Crippen molar-refractivity contribution in [1.29, 1.82) is 0 Å². The second-order valence-electron chi connectivity index (χ2n) is 4.26. The van der Waals surface area contributed by atoms with E-state index in [1.54, 1.807) is 43.5 Å². The second-order valence-corrected chi connectivity index (χ2v) is 4.26. The summed E-state index contributed by atoms with van der Waals surface area (Å²) in [5, 5.41) is 10.6. The molecule has 0 aliphatic rings. The minimum atomic E-state index is -0.465. The van der Waals surface area contributed by atoms with Crippen LogP contribution in [0.5, 0.6) is 5.75 Å². The largest absolute Gasteiger partial charge is 0.497 e. The normalized spacial score (nSPS) is 10.1. The van der Waals surface area contributed by atoms with Gasteiger partial charge in [-0.2, -0.15) is 0 Å². The van der Waals surface area contributed by atoms with Crippen molar-refractivity contribution in [2.75, 3.05) is 7.11 Å². The maximum Gasteiger partial charge on any atom is 0.269 e. The Morgan fingerprint density at radius 1 is 1.20 bits per heavy atom. The van der Waals surface area contributed by atoms with Crippen LogP contribution in [0.15, 0.2) is 48.5 Å². The van der Waals surface area contributed by atoms with Crippen LogP contribution in [0.4, 0.5) is 5.69 Å². The van der Waals surface area contributed by atoms with Crippen LogP contribution in [0.25, 0.3) is 0 Å². The molecule has 5 nitrogen and oxygen atoms in total. The van der Waals surface area contributed by atoms with E-state index in [9.17, 15) is 14.9 Å². The average molecular weight is 271 g/mol. The SMILES string of the molecule is COc1cccc(C(=O)Cc2ccc([N+](=O)[O-])cc2)c1. The van der Waals surface area contributed by atoms with Crippen molar-refractivity contribution < 1.29 is 14.5 Å². The van der Waals surface area contributed by atoms with E-state index in [0.717, 1.165) is 5.56 Å². The maximum absolute atomic E-state index is 12.1. The highest BCUT2D eigenvalue weighted by Crippen LogP contribution is 2.16. The predicted octanol–water partition coefficient (Wildman–Crippen LogP) is 3.03. The molecule has 0 heterocycles. The van der Waals surface area contributed by atoms with Gasteiger partial charge in [-0.25, -0.2) is 0 Å². The van der Waals surface area contributed by atoms with Gasteiger partial charge in [0.1, 0.15) is 5.75 Å². The molecule has 0 N–H and O–H groups in total. The molecule has 0 amide bonds. The topological polar surface area (TPSA) is 69.4 Å². The summed E-state index contributed by atoms with van der Waals surface area (Å²) in [6, 6.07) is 12.9. The summed E-state index contributed by atoms with van der Waals surface area (Å²) in [7, 11) is 1.54. The molecule has 2 rings (SSSR count). The summed E-state index contributed by atoms with van der Waals surface area (Å²) in [6.07, 6.45) is 0.200. The third-order valence-electron chi connectivity index (χ3n) is 2.90. The summed E-state index contributed by atoms with van der Waals surface area (Å²) < 4.78 is 5.07. The van der Waals surface area contributed by atoms with Gasteiger partial charge in [-0.05, 0) is 17.7 Å². The van der Waals surface area contributed by atoms with Crippen molar-refractivity contribution in [3.63, 3.8) is 0 Å². The Balaban J connectivity index is 2.12. The fraction of sp³-hybridized carbons (Fsp3) is 0.133. The number of non-ortho nitro benzene ring substituents is 1. The summed E-state index contributed by atoms with van der Waals surface area (Å²) >= 11 is 0. The monoisotopic (exact) mass is 271 g/mol. The Kier molecular flexibility index (Phi) is 4.10. The Labute approximate surface area is 116 Å². The van der Waals surface area contributed by atoms with Gasteiger partial charge in [0.25, 0.3) is 5.69 Å². The van der Waals surface area contributed by atoms with E-state index in [1.165, 1.54) is 12.1 Å². The molecule has 0 aliphatic heterocycles. The van der Waals surface area contributed by atoms with Gasteiger partial charge in [0, 0.05) is 24.1 Å². The lowest BCUT2D eigenvalue weighted by Crippen LogP contribution is -2.03. The number of hydrogen-bond donors (Lipinski definition) is 0. The first-order valence-electron chi connectivity index (χ1n) is 6.01. The van der Waals surface area contributed by atoms with Gasteiger partial charge in [0.2, 0.25) is 0 Å². The van der Waals surface area contributed by atoms with E-state index in [-0.39, 0.29) is 17.9 Å². The molecule has 0 fully saturated rings. The van der Waals surface area contributed by atoms with Crippen LogP contribution >= 0.6 is 0 Å². The first-order valence-corrected chi connectivity index (χ1v) is 6.01. The minimum Gasteiger partial charge on any atom is -0.497 e. The third kappa shape index (κ3) is 3.20. The van der Waals surface area contributed by atoms with Crippen LogP contribution in [-0.4, -0.2) is 17.8 Å². The number of nitro groups is 1. The van der Waals surface area contributed by atoms with Gasteiger partial charge >= 0.3 is 0 Å². The van der Waals surface area contributed by atoms with E-state index in [0.29, 0.717) is 11.3 Å². The van der Waals surface area contributed by atoms with Gasteiger partial charge in [0.05, 0.1) is 12.0 Å². The van der Waals surface area contributed by atoms with Crippen LogP contribution < -0.4 is 4.74 Å². The number of methoxy groups -OCH3 is 1. The van der Waals surface area contributed by atoms with E-state index in [2.05, 4.69) is 0 Å². The first kappa shape index (κ1) is 13.7. The van der Waals surface area contributed by atoms with Crippen LogP contribution in [0.2, 0.25) is 0 Å². The number of nitro benzene ring substituents is 1. The van der Waals surface area contributed by atoms with Gasteiger partial charge in [-0.15, -0.1) is 0 Å². The summed E-state index contributed by atoms with van der Waals surface area (Å²) in [6.45, 7) is 0. The van der Waals surface area contributed by atoms with Crippen molar-refractivity contribution in [3.8, 4) is 5.75 Å². The average Bonchev–Trinajstić information content (AvgIpc) is 2.47. The molecule has 0 atom stereocenters. The number of rotatable bonds is 5. The number of carbonyl (C=O) groups is 1. The van der Waals surface area contributed by atoms with Crippen LogP contribution in [0.3, 0.4) is 0 Å². The number of nitrogens with zero attached hydrogens (tertiary/aromatic N) is 1. The van der Waals surface area contributed by atoms with E-state index in [1.807, 2.05) is 0 Å². The number of ether oxygens (including phenoxy) is 1. The predicted molar refractivity (Wildman–Crippen MR) is 74.1 cm³/mol. The zero-order valence-electron chi connectivity index (χ0n) is 10.9. The Hall–Kier alpha value is -2.69. The highest BCUT2D eigenvalue weighted by atomic mass is 16.6. The number of Topliss-reactive ketones (excluding diaryl/α,β-unsaturated/α-hetero) is 1. The van der Waals surface area contributed by atoms with E-state index >= 15 is 0 Å². The highest BCUT2D eigenvalue weighted by Gasteiger charge is 2.10. The van der Waals surface area contributed by atoms with Crippen molar-refractivity contribution in [2.45, 2.75) is 6.42 Å². The fourth-order valence-electron chi connectivity index (χ4n) is 1.82. The van der Waals surface area contributed by atoms with Crippen molar-refractivity contribution >= 4 is 11.5 Å².